The van der Waals surface area contributed by atoms with Crippen molar-refractivity contribution in [3.8, 4) is 11.3 Å². The predicted octanol–water partition coefficient (Wildman–Crippen LogP) is 5.04. The van der Waals surface area contributed by atoms with Gasteiger partial charge in [0.05, 0.1) is 11.3 Å². The number of carbonyl (C=O) groups is 1. The summed E-state index contributed by atoms with van der Waals surface area (Å²) in [5.41, 5.74) is 1.10. The van der Waals surface area contributed by atoms with Gasteiger partial charge in [-0.25, -0.2) is 9.78 Å². The van der Waals surface area contributed by atoms with Crippen LogP contribution in [-0.2, 0) is 17.5 Å². The minimum absolute atomic E-state index is 0.223. The molecule has 0 saturated carbocycles. The van der Waals surface area contributed by atoms with Gasteiger partial charge in [0.1, 0.15) is 11.2 Å². The van der Waals surface area contributed by atoms with Crippen molar-refractivity contribution >= 4 is 11.7 Å². The minimum Gasteiger partial charge on any atom is -0.444 e. The van der Waals surface area contributed by atoms with Gasteiger partial charge in [0.25, 0.3) is 0 Å². The van der Waals surface area contributed by atoms with Gasteiger partial charge in [-0.15, -0.1) is 0 Å². The van der Waals surface area contributed by atoms with Crippen LogP contribution in [0.5, 0.6) is 0 Å². The molecule has 0 spiro atoms. The zero-order valence-corrected chi connectivity index (χ0v) is 15.7. The fourth-order valence-corrected chi connectivity index (χ4v) is 2.58. The average molecular weight is 391 g/mol. The topological polar surface area (TPSA) is 55.6 Å². The zero-order valence-electron chi connectivity index (χ0n) is 15.7. The highest BCUT2D eigenvalue weighted by atomic mass is 19.4. The van der Waals surface area contributed by atoms with E-state index in [4.69, 9.17) is 4.74 Å². The predicted molar refractivity (Wildman–Crippen MR) is 98.7 cm³/mol. The molecule has 1 amide bonds. The van der Waals surface area contributed by atoms with Gasteiger partial charge in [-0.2, -0.15) is 13.2 Å². The summed E-state index contributed by atoms with van der Waals surface area (Å²) in [6, 6.07) is 9.28. The van der Waals surface area contributed by atoms with Crippen LogP contribution in [0, 0.1) is 0 Å². The maximum absolute atomic E-state index is 12.8. The van der Waals surface area contributed by atoms with E-state index < -0.39 is 23.4 Å². The molecule has 3 rings (SSSR count). The van der Waals surface area contributed by atoms with Crippen molar-refractivity contribution in [1.29, 1.82) is 0 Å². The molecule has 0 atom stereocenters. The Balaban J connectivity index is 1.72. The maximum Gasteiger partial charge on any atom is 0.416 e. The summed E-state index contributed by atoms with van der Waals surface area (Å²) >= 11 is 0. The van der Waals surface area contributed by atoms with Gasteiger partial charge < -0.3 is 14.5 Å². The minimum atomic E-state index is -4.41. The Morgan fingerprint density at radius 3 is 2.43 bits per heavy atom. The third-order valence-electron chi connectivity index (χ3n) is 3.87. The van der Waals surface area contributed by atoms with E-state index in [0.717, 1.165) is 23.3 Å². The number of alkyl carbamates (subject to hydrolysis) is 1. The van der Waals surface area contributed by atoms with E-state index in [1.54, 1.807) is 43.5 Å². The number of fused-ring (bicyclic) bond motifs is 1. The molecule has 0 aliphatic carbocycles. The summed E-state index contributed by atoms with van der Waals surface area (Å²) in [6.07, 6.45) is -1.90. The Labute approximate surface area is 160 Å². The van der Waals surface area contributed by atoms with Gasteiger partial charge in [0.2, 0.25) is 0 Å². The lowest BCUT2D eigenvalue weighted by molar-refractivity contribution is -0.137. The first-order chi connectivity index (χ1) is 13.0. The highest BCUT2D eigenvalue weighted by molar-refractivity contribution is 5.68. The third kappa shape index (κ3) is 4.82. The zero-order chi connectivity index (χ0) is 20.5. The number of imidazole rings is 1. The number of alkyl halides is 3. The number of hydrogen-bond acceptors (Lipinski definition) is 3. The van der Waals surface area contributed by atoms with Crippen LogP contribution in [-0.4, -0.2) is 21.1 Å². The molecule has 3 aromatic rings. The SMILES string of the molecule is CC(C)(C)OC(=O)NCc1ccc(-c2cn3ccc(C(F)(F)F)cc3n2)cc1. The van der Waals surface area contributed by atoms with Crippen molar-refractivity contribution in [2.45, 2.75) is 39.1 Å². The number of hydrogen-bond donors (Lipinski definition) is 1. The summed E-state index contributed by atoms with van der Waals surface area (Å²) < 4.78 is 45.2. The molecule has 0 radical (unpaired) electrons. The van der Waals surface area contributed by atoms with Crippen molar-refractivity contribution in [1.82, 2.24) is 14.7 Å². The number of ether oxygens (including phenoxy) is 1. The molecule has 1 aromatic carbocycles. The molecule has 148 valence electrons. The van der Waals surface area contributed by atoms with Gasteiger partial charge in [-0.1, -0.05) is 24.3 Å². The molecule has 0 fully saturated rings. The normalized spacial score (nSPS) is 12.2. The lowest BCUT2D eigenvalue weighted by Gasteiger charge is -2.19. The lowest BCUT2D eigenvalue weighted by Crippen LogP contribution is -2.32. The molecular formula is C20H20F3N3O2. The van der Waals surface area contributed by atoms with Crippen LogP contribution in [0.15, 0.2) is 48.8 Å². The van der Waals surface area contributed by atoms with E-state index in [1.165, 1.54) is 6.20 Å². The number of amides is 1. The Kier molecular flexibility index (Phi) is 5.06. The fraction of sp³-hybridized carbons (Fsp3) is 0.300. The van der Waals surface area contributed by atoms with Gasteiger partial charge in [0.15, 0.2) is 0 Å². The number of pyridine rings is 1. The van der Waals surface area contributed by atoms with Crippen LogP contribution < -0.4 is 5.32 Å². The molecule has 0 unspecified atom stereocenters. The summed E-state index contributed by atoms with van der Waals surface area (Å²) in [6.45, 7) is 5.66. The van der Waals surface area contributed by atoms with Crippen molar-refractivity contribution in [3.05, 3.63) is 59.9 Å². The van der Waals surface area contributed by atoms with Crippen LogP contribution in [0.2, 0.25) is 0 Å². The van der Waals surface area contributed by atoms with Crippen molar-refractivity contribution in [2.24, 2.45) is 0 Å². The average Bonchev–Trinajstić information content (AvgIpc) is 3.01. The first kappa shape index (κ1) is 19.7. The smallest absolute Gasteiger partial charge is 0.416 e. The molecule has 8 heteroatoms. The van der Waals surface area contributed by atoms with E-state index in [1.807, 2.05) is 12.1 Å². The van der Waals surface area contributed by atoms with Crippen molar-refractivity contribution < 1.29 is 22.7 Å². The highest BCUT2D eigenvalue weighted by Crippen LogP contribution is 2.30. The van der Waals surface area contributed by atoms with Crippen LogP contribution in [0.25, 0.3) is 16.9 Å². The Morgan fingerprint density at radius 1 is 1.14 bits per heavy atom. The van der Waals surface area contributed by atoms with Crippen LogP contribution in [0.1, 0.15) is 31.9 Å². The Bertz CT molecular complexity index is 987. The van der Waals surface area contributed by atoms with Crippen LogP contribution in [0.4, 0.5) is 18.0 Å². The Hall–Kier alpha value is -3.03. The summed E-state index contributed by atoms with van der Waals surface area (Å²) in [4.78, 5) is 16.0. The van der Waals surface area contributed by atoms with Gasteiger partial charge >= 0.3 is 12.3 Å². The molecule has 0 aliphatic heterocycles. The molecule has 2 aromatic heterocycles. The van der Waals surface area contributed by atoms with Gasteiger partial charge in [-0.05, 0) is 38.5 Å². The van der Waals surface area contributed by atoms with E-state index in [9.17, 15) is 18.0 Å². The second-order valence-corrected chi connectivity index (χ2v) is 7.36. The lowest BCUT2D eigenvalue weighted by atomic mass is 10.1. The molecule has 0 aliphatic rings. The molecular weight excluding hydrogens is 371 g/mol. The van der Waals surface area contributed by atoms with Gasteiger partial charge in [-0.3, -0.25) is 0 Å². The Morgan fingerprint density at radius 2 is 1.82 bits per heavy atom. The summed E-state index contributed by atoms with van der Waals surface area (Å²) in [5, 5.41) is 2.67. The number of nitrogens with zero attached hydrogens (tertiary/aromatic N) is 2. The summed E-state index contributed by atoms with van der Waals surface area (Å²) in [7, 11) is 0. The van der Waals surface area contributed by atoms with Crippen LogP contribution in [0.3, 0.4) is 0 Å². The second kappa shape index (κ2) is 7.18. The number of aromatic nitrogens is 2. The largest absolute Gasteiger partial charge is 0.444 e. The molecule has 0 bridgehead atoms. The number of benzene rings is 1. The first-order valence-corrected chi connectivity index (χ1v) is 8.63. The number of halogens is 3. The molecule has 2 heterocycles. The number of rotatable bonds is 3. The first-order valence-electron chi connectivity index (χ1n) is 8.63. The quantitative estimate of drug-likeness (QED) is 0.680. The molecule has 1 N–H and O–H groups in total. The highest BCUT2D eigenvalue weighted by Gasteiger charge is 2.30. The van der Waals surface area contributed by atoms with Crippen molar-refractivity contribution in [2.75, 3.05) is 0 Å². The standard InChI is InChI=1S/C20H20F3N3O2/c1-19(2,3)28-18(27)24-11-13-4-6-14(7-5-13)16-12-26-9-8-15(20(21,22)23)10-17(26)25-16/h4-10,12H,11H2,1-3H3,(H,24,27). The molecule has 0 saturated heterocycles. The van der Waals surface area contributed by atoms with E-state index in [-0.39, 0.29) is 5.65 Å². The molecule has 5 nitrogen and oxygen atoms in total. The van der Waals surface area contributed by atoms with Crippen molar-refractivity contribution in [3.63, 3.8) is 0 Å². The number of carbonyl (C=O) groups excluding carboxylic acids is 1. The van der Waals surface area contributed by atoms with E-state index in [0.29, 0.717) is 12.2 Å². The monoisotopic (exact) mass is 391 g/mol. The maximum atomic E-state index is 12.8. The molecule has 28 heavy (non-hydrogen) atoms. The fourth-order valence-electron chi connectivity index (χ4n) is 2.58. The van der Waals surface area contributed by atoms with E-state index in [2.05, 4.69) is 10.3 Å². The number of nitrogens with one attached hydrogen (secondary N) is 1. The second-order valence-electron chi connectivity index (χ2n) is 7.36. The van der Waals surface area contributed by atoms with Gasteiger partial charge in [0, 0.05) is 24.5 Å². The van der Waals surface area contributed by atoms with Crippen LogP contribution >= 0.6 is 0 Å². The van der Waals surface area contributed by atoms with E-state index >= 15 is 0 Å². The third-order valence-corrected chi connectivity index (χ3v) is 3.87. The summed E-state index contributed by atoms with van der Waals surface area (Å²) in [5.74, 6) is 0.